The molecule has 1 fully saturated rings. The van der Waals surface area contributed by atoms with Gasteiger partial charge in [-0.15, -0.1) is 0 Å². The van der Waals surface area contributed by atoms with E-state index in [1.54, 1.807) is 18.3 Å². The molecule has 122 valence electrons. The molecule has 1 aromatic carbocycles. The monoisotopic (exact) mass is 357 g/mol. The molecule has 23 heavy (non-hydrogen) atoms. The summed E-state index contributed by atoms with van der Waals surface area (Å²) in [5.41, 5.74) is 0.187. The average Bonchev–Trinajstić information content (AvgIpc) is 3.21. The van der Waals surface area contributed by atoms with Crippen LogP contribution in [0, 0.1) is 5.82 Å². The molecule has 0 amide bonds. The van der Waals surface area contributed by atoms with Crippen molar-refractivity contribution in [1.82, 2.24) is 4.98 Å². The summed E-state index contributed by atoms with van der Waals surface area (Å²) in [7, 11) is -3.65. The molecule has 1 saturated heterocycles. The quantitative estimate of drug-likeness (QED) is 0.467. The maximum atomic E-state index is 13.2. The number of hydrogen-bond donors (Lipinski definition) is 0. The summed E-state index contributed by atoms with van der Waals surface area (Å²) in [6.07, 6.45) is 1.98. The number of rotatable bonds is 5. The van der Waals surface area contributed by atoms with Crippen LogP contribution in [0.3, 0.4) is 0 Å². The van der Waals surface area contributed by atoms with E-state index in [9.17, 15) is 12.8 Å². The molecule has 0 N–H and O–H groups in total. The van der Waals surface area contributed by atoms with E-state index in [-0.39, 0.29) is 11.8 Å². The Balaban J connectivity index is 1.96. The Hall–Kier alpha value is -1.54. The fourth-order valence-electron chi connectivity index (χ4n) is 2.42. The third-order valence-electron chi connectivity index (χ3n) is 3.59. The normalized spacial score (nSPS) is 23.7. The van der Waals surface area contributed by atoms with Gasteiger partial charge in [-0.2, -0.15) is 8.42 Å². The van der Waals surface area contributed by atoms with Crippen LogP contribution in [-0.2, 0) is 24.6 Å². The zero-order valence-corrected chi connectivity index (χ0v) is 13.6. The Morgan fingerprint density at radius 2 is 2.04 bits per heavy atom. The van der Waals surface area contributed by atoms with Crippen molar-refractivity contribution in [2.75, 3.05) is 12.9 Å². The molecule has 2 atom stereocenters. The van der Waals surface area contributed by atoms with Crippen LogP contribution < -0.4 is 0 Å². The van der Waals surface area contributed by atoms with E-state index in [4.69, 9.17) is 20.5 Å². The number of aromatic nitrogens is 1. The van der Waals surface area contributed by atoms with Crippen LogP contribution in [0.4, 0.5) is 4.39 Å². The van der Waals surface area contributed by atoms with Gasteiger partial charge in [-0.1, -0.05) is 29.8 Å². The van der Waals surface area contributed by atoms with Gasteiger partial charge in [0, 0.05) is 11.8 Å². The standard InChI is InChI=1S/C15H13ClFNO4S/c1-23(19,20)21-9-15(10-4-6-11(17)7-5-10)13(22-15)12-3-2-8-18-14(12)16/h2-8,13H,9H2,1H3. The minimum Gasteiger partial charge on any atom is -0.353 e. The highest BCUT2D eigenvalue weighted by Gasteiger charge is 2.60. The van der Waals surface area contributed by atoms with Gasteiger partial charge >= 0.3 is 0 Å². The molecule has 1 aromatic heterocycles. The first-order valence-electron chi connectivity index (χ1n) is 6.70. The van der Waals surface area contributed by atoms with E-state index in [2.05, 4.69) is 4.98 Å². The van der Waals surface area contributed by atoms with E-state index < -0.39 is 27.6 Å². The molecule has 0 spiro atoms. The van der Waals surface area contributed by atoms with E-state index in [0.717, 1.165) is 6.26 Å². The zero-order chi connectivity index (χ0) is 16.7. The third kappa shape index (κ3) is 3.37. The highest BCUT2D eigenvalue weighted by Crippen LogP contribution is 2.58. The molecule has 1 aliphatic heterocycles. The fraction of sp³-hybridized carbons (Fsp3) is 0.267. The first-order valence-corrected chi connectivity index (χ1v) is 8.90. The summed E-state index contributed by atoms with van der Waals surface area (Å²) in [6, 6.07) is 9.07. The second-order valence-electron chi connectivity index (χ2n) is 5.24. The fourth-order valence-corrected chi connectivity index (χ4v) is 3.03. The molecule has 1 aliphatic rings. The number of pyridine rings is 1. The minimum absolute atomic E-state index is 0.229. The average molecular weight is 358 g/mol. The Morgan fingerprint density at radius 1 is 1.35 bits per heavy atom. The van der Waals surface area contributed by atoms with Crippen molar-refractivity contribution in [3.05, 3.63) is 64.7 Å². The van der Waals surface area contributed by atoms with Gasteiger partial charge in [-0.25, -0.2) is 9.37 Å². The lowest BCUT2D eigenvalue weighted by Gasteiger charge is -2.13. The van der Waals surface area contributed by atoms with Crippen molar-refractivity contribution in [2.24, 2.45) is 0 Å². The Bertz CT molecular complexity index is 828. The molecule has 0 aliphatic carbocycles. The number of hydrogen-bond acceptors (Lipinski definition) is 5. The molecule has 3 rings (SSSR count). The maximum Gasteiger partial charge on any atom is 0.264 e. The highest BCUT2D eigenvalue weighted by molar-refractivity contribution is 7.85. The lowest BCUT2D eigenvalue weighted by atomic mass is 9.93. The molecule has 0 saturated carbocycles. The minimum atomic E-state index is -3.65. The second-order valence-corrected chi connectivity index (χ2v) is 7.25. The van der Waals surface area contributed by atoms with Crippen molar-refractivity contribution in [1.29, 1.82) is 0 Å². The van der Waals surface area contributed by atoms with E-state index in [1.807, 2.05) is 0 Å². The van der Waals surface area contributed by atoms with Crippen LogP contribution in [0.2, 0.25) is 5.15 Å². The first kappa shape index (κ1) is 16.3. The van der Waals surface area contributed by atoms with Crippen LogP contribution in [0.1, 0.15) is 17.2 Å². The smallest absolute Gasteiger partial charge is 0.264 e. The molecule has 5 nitrogen and oxygen atoms in total. The van der Waals surface area contributed by atoms with Gasteiger partial charge in [0.05, 0.1) is 6.26 Å². The predicted octanol–water partition coefficient (Wildman–Crippen LogP) is 2.82. The van der Waals surface area contributed by atoms with E-state index >= 15 is 0 Å². The summed E-state index contributed by atoms with van der Waals surface area (Å²) < 4.78 is 46.5. The van der Waals surface area contributed by atoms with Crippen molar-refractivity contribution < 1.29 is 21.7 Å². The van der Waals surface area contributed by atoms with Crippen molar-refractivity contribution in [3.8, 4) is 0 Å². The molecular weight excluding hydrogens is 345 g/mol. The number of nitrogens with zero attached hydrogens (tertiary/aromatic N) is 1. The van der Waals surface area contributed by atoms with Crippen molar-refractivity contribution >= 4 is 21.7 Å². The van der Waals surface area contributed by atoms with Crippen LogP contribution in [-0.4, -0.2) is 26.3 Å². The molecule has 2 heterocycles. The van der Waals surface area contributed by atoms with E-state index in [0.29, 0.717) is 11.1 Å². The van der Waals surface area contributed by atoms with Crippen LogP contribution in [0.25, 0.3) is 0 Å². The first-order chi connectivity index (χ1) is 10.8. The maximum absolute atomic E-state index is 13.2. The molecule has 0 bridgehead atoms. The van der Waals surface area contributed by atoms with Gasteiger partial charge in [0.15, 0.2) is 0 Å². The van der Waals surface area contributed by atoms with Crippen molar-refractivity contribution in [2.45, 2.75) is 11.7 Å². The Labute approximate surface area is 138 Å². The molecule has 8 heteroatoms. The molecular formula is C15H13ClFNO4S. The Morgan fingerprint density at radius 3 is 2.65 bits per heavy atom. The molecule has 2 aromatic rings. The molecule has 0 radical (unpaired) electrons. The van der Waals surface area contributed by atoms with Crippen molar-refractivity contribution in [3.63, 3.8) is 0 Å². The summed E-state index contributed by atoms with van der Waals surface area (Å²) in [5.74, 6) is -0.399. The largest absolute Gasteiger partial charge is 0.353 e. The molecule has 2 unspecified atom stereocenters. The number of ether oxygens (including phenoxy) is 1. The van der Waals surface area contributed by atoms with Gasteiger partial charge < -0.3 is 4.74 Å². The number of halogens is 2. The highest BCUT2D eigenvalue weighted by atomic mass is 35.5. The third-order valence-corrected chi connectivity index (χ3v) is 4.45. The van der Waals surface area contributed by atoms with Crippen LogP contribution in [0.15, 0.2) is 42.6 Å². The van der Waals surface area contributed by atoms with Crippen LogP contribution >= 0.6 is 11.6 Å². The summed E-state index contributed by atoms with van der Waals surface area (Å²) in [5, 5.41) is 0.265. The number of benzene rings is 1. The summed E-state index contributed by atoms with van der Waals surface area (Å²) in [4.78, 5) is 3.99. The lowest BCUT2D eigenvalue weighted by Crippen LogP contribution is -2.21. The van der Waals surface area contributed by atoms with Gasteiger partial charge in [0.2, 0.25) is 0 Å². The van der Waals surface area contributed by atoms with Gasteiger partial charge in [-0.05, 0) is 23.8 Å². The predicted molar refractivity (Wildman–Crippen MR) is 81.9 cm³/mol. The van der Waals surface area contributed by atoms with Gasteiger partial charge in [0.1, 0.15) is 29.3 Å². The Kier molecular flexibility index (Phi) is 4.14. The SMILES string of the molecule is CS(=O)(=O)OCC1(c2ccc(F)cc2)OC1c1cccnc1Cl. The summed E-state index contributed by atoms with van der Waals surface area (Å²) >= 11 is 6.08. The van der Waals surface area contributed by atoms with Crippen LogP contribution in [0.5, 0.6) is 0 Å². The second kappa shape index (κ2) is 5.83. The zero-order valence-electron chi connectivity index (χ0n) is 12.1. The topological polar surface area (TPSA) is 68.8 Å². The van der Waals surface area contributed by atoms with Gasteiger partial charge in [0.25, 0.3) is 10.1 Å². The summed E-state index contributed by atoms with van der Waals surface area (Å²) in [6.45, 7) is -0.229. The van der Waals surface area contributed by atoms with Gasteiger partial charge in [-0.3, -0.25) is 4.18 Å². The lowest BCUT2D eigenvalue weighted by molar-refractivity contribution is 0.194. The number of epoxide rings is 1. The van der Waals surface area contributed by atoms with E-state index in [1.165, 1.54) is 24.3 Å².